The molecule has 7 heteroatoms. The molecule has 0 aliphatic carbocycles. The Hall–Kier alpha value is -2.18. The lowest BCUT2D eigenvalue weighted by molar-refractivity contribution is -0.395. The molecule has 86 valence electrons. The van der Waals surface area contributed by atoms with Gasteiger partial charge < -0.3 is 4.90 Å². The minimum Gasteiger partial charge on any atom is -0.377 e. The van der Waals surface area contributed by atoms with Gasteiger partial charge in [-0.05, 0) is 6.92 Å². The maximum atomic E-state index is 10.7. The van der Waals surface area contributed by atoms with Gasteiger partial charge in [0.1, 0.15) is 5.56 Å². The molecule has 0 bridgehead atoms. The van der Waals surface area contributed by atoms with Crippen LogP contribution in [0.15, 0.2) is 12.1 Å². The lowest BCUT2D eigenvalue weighted by Crippen LogP contribution is -2.10. The Morgan fingerprint density at radius 1 is 1.06 bits per heavy atom. The molecule has 0 aliphatic rings. The van der Waals surface area contributed by atoms with E-state index in [0.717, 1.165) is 0 Å². The normalized spacial score (nSPS) is 9.94. The molecule has 0 aliphatic heterocycles. The van der Waals surface area contributed by atoms with E-state index < -0.39 is 9.85 Å². The molecule has 0 amide bonds. The molecule has 0 aromatic heterocycles. The maximum absolute atomic E-state index is 10.7. The van der Waals surface area contributed by atoms with Crippen LogP contribution in [0.1, 0.15) is 5.56 Å². The minimum absolute atomic E-state index is 0.0700. The van der Waals surface area contributed by atoms with Crippen molar-refractivity contribution in [2.45, 2.75) is 6.92 Å². The SMILES string of the molecule is Cc1c([N+](=O)[O-])cc(N(C)C)cc1[N+](=O)[O-]. The summed E-state index contributed by atoms with van der Waals surface area (Å²) >= 11 is 0. The Balaban J connectivity index is 3.51. The quantitative estimate of drug-likeness (QED) is 0.578. The molecule has 16 heavy (non-hydrogen) atoms. The molecule has 0 saturated carbocycles. The smallest absolute Gasteiger partial charge is 0.281 e. The second-order valence-corrected chi connectivity index (χ2v) is 3.52. The number of hydrogen-bond acceptors (Lipinski definition) is 5. The minimum atomic E-state index is -0.616. The van der Waals surface area contributed by atoms with Gasteiger partial charge in [-0.25, -0.2) is 0 Å². The van der Waals surface area contributed by atoms with Crippen molar-refractivity contribution in [3.8, 4) is 0 Å². The fourth-order valence-corrected chi connectivity index (χ4v) is 1.31. The standard InChI is InChI=1S/C9H11N3O4/c1-6-8(11(13)14)4-7(10(2)3)5-9(6)12(15)16/h4-5H,1-3H3. The molecule has 0 radical (unpaired) electrons. The first-order chi connectivity index (χ1) is 7.34. The van der Waals surface area contributed by atoms with Crippen LogP contribution >= 0.6 is 0 Å². The van der Waals surface area contributed by atoms with Gasteiger partial charge in [-0.2, -0.15) is 0 Å². The van der Waals surface area contributed by atoms with Crippen molar-refractivity contribution >= 4 is 17.1 Å². The number of hydrogen-bond donors (Lipinski definition) is 0. The zero-order chi connectivity index (χ0) is 12.5. The van der Waals surface area contributed by atoms with Crippen LogP contribution in [0, 0.1) is 27.2 Å². The molecule has 1 aromatic rings. The van der Waals surface area contributed by atoms with Crippen LogP contribution < -0.4 is 4.90 Å². The third kappa shape index (κ3) is 2.08. The Morgan fingerprint density at radius 3 is 1.69 bits per heavy atom. The van der Waals surface area contributed by atoms with E-state index in [4.69, 9.17) is 0 Å². The van der Waals surface area contributed by atoms with E-state index >= 15 is 0 Å². The van der Waals surface area contributed by atoms with Crippen LogP contribution in [0.4, 0.5) is 17.1 Å². The summed E-state index contributed by atoms with van der Waals surface area (Å²) in [7, 11) is 3.33. The van der Waals surface area contributed by atoms with Gasteiger partial charge in [0.25, 0.3) is 11.4 Å². The summed E-state index contributed by atoms with van der Waals surface area (Å²) in [6.07, 6.45) is 0. The molecular formula is C9H11N3O4. The van der Waals surface area contributed by atoms with E-state index in [0.29, 0.717) is 5.69 Å². The molecular weight excluding hydrogens is 214 g/mol. The number of anilines is 1. The van der Waals surface area contributed by atoms with Crippen LogP contribution in [0.25, 0.3) is 0 Å². The van der Waals surface area contributed by atoms with E-state index in [1.54, 1.807) is 19.0 Å². The van der Waals surface area contributed by atoms with Crippen molar-refractivity contribution in [3.63, 3.8) is 0 Å². The van der Waals surface area contributed by atoms with Gasteiger partial charge >= 0.3 is 0 Å². The Morgan fingerprint density at radius 2 is 1.44 bits per heavy atom. The molecule has 0 N–H and O–H groups in total. The highest BCUT2D eigenvalue weighted by atomic mass is 16.6. The van der Waals surface area contributed by atoms with E-state index in [1.165, 1.54) is 19.1 Å². The predicted molar refractivity (Wildman–Crippen MR) is 58.8 cm³/mol. The van der Waals surface area contributed by atoms with Crippen molar-refractivity contribution in [3.05, 3.63) is 37.9 Å². The molecule has 0 atom stereocenters. The number of benzene rings is 1. The molecule has 0 spiro atoms. The van der Waals surface area contributed by atoms with E-state index in [1.807, 2.05) is 0 Å². The number of rotatable bonds is 3. The Bertz CT molecular complexity index is 421. The third-order valence-corrected chi connectivity index (χ3v) is 2.25. The van der Waals surface area contributed by atoms with Gasteiger partial charge in [0.05, 0.1) is 9.85 Å². The van der Waals surface area contributed by atoms with Crippen LogP contribution in [0.3, 0.4) is 0 Å². The molecule has 0 saturated heterocycles. The summed E-state index contributed by atoms with van der Waals surface area (Å²) in [6, 6.07) is 2.64. The van der Waals surface area contributed by atoms with Crippen molar-refractivity contribution in [1.29, 1.82) is 0 Å². The maximum Gasteiger partial charge on any atom is 0.281 e. The Labute approximate surface area is 91.6 Å². The highest BCUT2D eigenvalue weighted by Crippen LogP contribution is 2.32. The summed E-state index contributed by atoms with van der Waals surface area (Å²) in [5.74, 6) is 0. The average Bonchev–Trinajstić information content (AvgIpc) is 2.16. The number of nitrogens with zero attached hydrogens (tertiary/aromatic N) is 3. The first-order valence-corrected chi connectivity index (χ1v) is 4.45. The predicted octanol–water partition coefficient (Wildman–Crippen LogP) is 1.88. The van der Waals surface area contributed by atoms with Gasteiger partial charge in [0.15, 0.2) is 0 Å². The van der Waals surface area contributed by atoms with E-state index in [2.05, 4.69) is 0 Å². The summed E-state index contributed by atoms with van der Waals surface area (Å²) < 4.78 is 0. The van der Waals surface area contributed by atoms with Crippen molar-refractivity contribution in [2.75, 3.05) is 19.0 Å². The largest absolute Gasteiger partial charge is 0.377 e. The van der Waals surface area contributed by atoms with E-state index in [-0.39, 0.29) is 16.9 Å². The summed E-state index contributed by atoms with van der Waals surface area (Å²) in [5.41, 5.74) is 0.0281. The fraction of sp³-hybridized carbons (Fsp3) is 0.333. The molecule has 7 nitrogen and oxygen atoms in total. The lowest BCUT2D eigenvalue weighted by Gasteiger charge is -2.12. The molecule has 1 rings (SSSR count). The summed E-state index contributed by atoms with van der Waals surface area (Å²) in [5, 5.41) is 21.5. The Kier molecular flexibility index (Phi) is 3.07. The summed E-state index contributed by atoms with van der Waals surface area (Å²) in [4.78, 5) is 21.8. The number of nitro groups is 2. The molecule has 0 unspecified atom stereocenters. The average molecular weight is 225 g/mol. The topological polar surface area (TPSA) is 89.5 Å². The zero-order valence-electron chi connectivity index (χ0n) is 9.13. The monoisotopic (exact) mass is 225 g/mol. The molecule has 0 heterocycles. The van der Waals surface area contributed by atoms with E-state index in [9.17, 15) is 20.2 Å². The van der Waals surface area contributed by atoms with Gasteiger partial charge in [0.2, 0.25) is 0 Å². The van der Waals surface area contributed by atoms with Gasteiger partial charge in [0, 0.05) is 31.9 Å². The lowest BCUT2D eigenvalue weighted by atomic mass is 10.1. The third-order valence-electron chi connectivity index (χ3n) is 2.25. The molecule has 0 fully saturated rings. The summed E-state index contributed by atoms with van der Waals surface area (Å²) in [6.45, 7) is 1.37. The highest BCUT2D eigenvalue weighted by molar-refractivity contribution is 5.64. The van der Waals surface area contributed by atoms with Crippen LogP contribution in [-0.4, -0.2) is 23.9 Å². The van der Waals surface area contributed by atoms with Crippen molar-refractivity contribution < 1.29 is 9.85 Å². The zero-order valence-corrected chi connectivity index (χ0v) is 9.13. The number of nitro benzene ring substituents is 2. The molecule has 1 aromatic carbocycles. The van der Waals surface area contributed by atoms with Crippen LogP contribution in [0.2, 0.25) is 0 Å². The second kappa shape index (κ2) is 4.13. The van der Waals surface area contributed by atoms with Crippen molar-refractivity contribution in [2.24, 2.45) is 0 Å². The first kappa shape index (κ1) is 11.9. The van der Waals surface area contributed by atoms with Crippen LogP contribution in [0.5, 0.6) is 0 Å². The van der Waals surface area contributed by atoms with Crippen LogP contribution in [-0.2, 0) is 0 Å². The van der Waals surface area contributed by atoms with Gasteiger partial charge in [-0.15, -0.1) is 0 Å². The van der Waals surface area contributed by atoms with Crippen molar-refractivity contribution in [1.82, 2.24) is 0 Å². The van der Waals surface area contributed by atoms with Gasteiger partial charge in [-0.3, -0.25) is 20.2 Å². The highest BCUT2D eigenvalue weighted by Gasteiger charge is 2.23. The van der Waals surface area contributed by atoms with Gasteiger partial charge in [-0.1, -0.05) is 0 Å². The first-order valence-electron chi connectivity index (χ1n) is 4.45. The second-order valence-electron chi connectivity index (χ2n) is 3.52. The fourth-order valence-electron chi connectivity index (χ4n) is 1.31.